The average Bonchev–Trinajstić information content (AvgIpc) is 3.22. The van der Waals surface area contributed by atoms with Crippen molar-refractivity contribution in [2.45, 2.75) is 44.2 Å². The number of nitrogens with zero attached hydrogens (tertiary/aromatic N) is 4. The first kappa shape index (κ1) is 21.1. The zero-order chi connectivity index (χ0) is 22.9. The molecule has 0 spiro atoms. The average molecular weight is 470 g/mol. The lowest BCUT2D eigenvalue weighted by atomic mass is 10.1. The molecular weight excluding hydrogens is 442 g/mol. The minimum absolute atomic E-state index is 0.140. The highest BCUT2D eigenvalue weighted by atomic mass is 32.1. The van der Waals surface area contributed by atoms with Crippen LogP contribution < -0.4 is 10.2 Å². The maximum absolute atomic E-state index is 13.0. The number of amides is 1. The van der Waals surface area contributed by atoms with E-state index in [1.807, 2.05) is 35.0 Å². The molecule has 172 valence electrons. The molecule has 4 heterocycles. The highest BCUT2D eigenvalue weighted by molar-refractivity contribution is 7.14. The van der Waals surface area contributed by atoms with Gasteiger partial charge in [-0.1, -0.05) is 12.1 Å². The first-order valence-electron chi connectivity index (χ1n) is 11.9. The maximum Gasteiger partial charge on any atom is 0.274 e. The fourth-order valence-corrected chi connectivity index (χ4v) is 5.59. The lowest BCUT2D eigenvalue weighted by molar-refractivity contribution is 0.101. The van der Waals surface area contributed by atoms with Crippen molar-refractivity contribution in [3.8, 4) is 0 Å². The van der Waals surface area contributed by atoms with Crippen LogP contribution in [-0.4, -0.2) is 27.0 Å². The standard InChI is InChI=1S/C27H27N5OS/c33-26(25-4-1-15-31(25)17-19-11-13-28-14-12-19)30-27-29-23(18-34-27)24-3-2-16-32(24)22-9-7-21(8-10-22)20-5-6-20/h1,4,7-15,18,20,24H,2-3,5-6,16-17H2,(H,29,30,33)/t24-/m1/s1. The summed E-state index contributed by atoms with van der Waals surface area (Å²) >= 11 is 1.50. The Morgan fingerprint density at radius 3 is 2.68 bits per heavy atom. The zero-order valence-electron chi connectivity index (χ0n) is 18.9. The summed E-state index contributed by atoms with van der Waals surface area (Å²) in [4.78, 5) is 24.3. The van der Waals surface area contributed by atoms with Gasteiger partial charge in [0.1, 0.15) is 5.69 Å². The second-order valence-electron chi connectivity index (χ2n) is 9.13. The topological polar surface area (TPSA) is 63.1 Å². The number of aromatic nitrogens is 3. The zero-order valence-corrected chi connectivity index (χ0v) is 19.7. The number of carbonyl (C=O) groups excluding carboxylic acids is 1. The molecule has 1 aliphatic heterocycles. The Hall–Kier alpha value is -3.45. The molecule has 7 heteroatoms. The summed E-state index contributed by atoms with van der Waals surface area (Å²) < 4.78 is 1.95. The first-order chi connectivity index (χ1) is 16.7. The Kier molecular flexibility index (Phi) is 5.63. The second kappa shape index (κ2) is 9.06. The van der Waals surface area contributed by atoms with Crippen molar-refractivity contribution in [3.63, 3.8) is 0 Å². The summed E-state index contributed by atoms with van der Waals surface area (Å²) in [5.74, 6) is 0.637. The van der Waals surface area contributed by atoms with Crippen LogP contribution in [0.3, 0.4) is 0 Å². The lowest BCUT2D eigenvalue weighted by Crippen LogP contribution is -2.23. The second-order valence-corrected chi connectivity index (χ2v) is 9.98. The van der Waals surface area contributed by atoms with E-state index in [4.69, 9.17) is 4.98 Å². The summed E-state index contributed by atoms with van der Waals surface area (Å²) in [5, 5.41) is 5.75. The summed E-state index contributed by atoms with van der Waals surface area (Å²) in [5.41, 5.74) is 5.48. The minimum atomic E-state index is -0.140. The molecule has 0 radical (unpaired) electrons. The lowest BCUT2D eigenvalue weighted by Gasteiger charge is -2.25. The van der Waals surface area contributed by atoms with Gasteiger partial charge in [-0.2, -0.15) is 0 Å². The van der Waals surface area contributed by atoms with Crippen molar-refractivity contribution < 1.29 is 4.79 Å². The molecule has 1 aromatic carbocycles. The Balaban J connectivity index is 1.14. The number of hydrogen-bond acceptors (Lipinski definition) is 5. The van der Waals surface area contributed by atoms with Gasteiger partial charge in [0.05, 0.1) is 11.7 Å². The van der Waals surface area contributed by atoms with E-state index in [0.717, 1.165) is 36.6 Å². The molecule has 1 aliphatic carbocycles. The number of carbonyl (C=O) groups is 1. The van der Waals surface area contributed by atoms with Gasteiger partial charge in [0, 0.05) is 42.7 Å². The van der Waals surface area contributed by atoms with E-state index < -0.39 is 0 Å². The monoisotopic (exact) mass is 469 g/mol. The fraction of sp³-hybridized carbons (Fsp3) is 0.296. The third kappa shape index (κ3) is 4.35. The molecule has 1 saturated heterocycles. The third-order valence-corrected chi connectivity index (χ3v) is 7.55. The van der Waals surface area contributed by atoms with E-state index in [1.165, 1.54) is 35.4 Å². The van der Waals surface area contributed by atoms with Gasteiger partial charge in [-0.3, -0.25) is 15.1 Å². The molecule has 2 fully saturated rings. The van der Waals surface area contributed by atoms with Crippen LogP contribution in [-0.2, 0) is 6.54 Å². The molecular formula is C27H27N5OS. The molecule has 6 rings (SSSR count). The minimum Gasteiger partial charge on any atom is -0.363 e. The number of nitrogens with one attached hydrogen (secondary N) is 1. The van der Waals surface area contributed by atoms with Crippen LogP contribution in [0.15, 0.2) is 72.5 Å². The first-order valence-corrected chi connectivity index (χ1v) is 12.8. The van der Waals surface area contributed by atoms with E-state index in [-0.39, 0.29) is 11.9 Å². The Morgan fingerprint density at radius 2 is 1.88 bits per heavy atom. The molecule has 34 heavy (non-hydrogen) atoms. The highest BCUT2D eigenvalue weighted by Crippen LogP contribution is 2.42. The predicted octanol–water partition coefficient (Wildman–Crippen LogP) is 5.86. The van der Waals surface area contributed by atoms with Crippen LogP contribution in [0, 0.1) is 0 Å². The van der Waals surface area contributed by atoms with E-state index in [1.54, 1.807) is 12.4 Å². The summed E-state index contributed by atoms with van der Waals surface area (Å²) in [6.45, 7) is 1.66. The summed E-state index contributed by atoms with van der Waals surface area (Å²) in [6, 6.07) is 17.0. The number of hydrogen-bond donors (Lipinski definition) is 1. The molecule has 1 N–H and O–H groups in total. The quantitative estimate of drug-likeness (QED) is 0.368. The smallest absolute Gasteiger partial charge is 0.274 e. The van der Waals surface area contributed by atoms with Gasteiger partial charge in [0.15, 0.2) is 5.13 Å². The number of benzene rings is 1. The highest BCUT2D eigenvalue weighted by Gasteiger charge is 2.29. The van der Waals surface area contributed by atoms with E-state index >= 15 is 0 Å². The van der Waals surface area contributed by atoms with Gasteiger partial charge in [-0.15, -0.1) is 11.3 Å². The summed E-state index contributed by atoms with van der Waals surface area (Å²) in [6.07, 6.45) is 10.3. The third-order valence-electron chi connectivity index (χ3n) is 6.77. The van der Waals surface area contributed by atoms with E-state index in [0.29, 0.717) is 17.4 Å². The van der Waals surface area contributed by atoms with Crippen LogP contribution >= 0.6 is 11.3 Å². The number of anilines is 2. The Morgan fingerprint density at radius 1 is 1.06 bits per heavy atom. The molecule has 1 atom stereocenters. The number of rotatable bonds is 7. The largest absolute Gasteiger partial charge is 0.363 e. The van der Waals surface area contributed by atoms with Gasteiger partial charge in [0.2, 0.25) is 0 Å². The van der Waals surface area contributed by atoms with Crippen molar-refractivity contribution in [1.82, 2.24) is 14.5 Å². The van der Waals surface area contributed by atoms with E-state index in [2.05, 4.69) is 44.8 Å². The molecule has 0 bridgehead atoms. The molecule has 4 aromatic rings. The molecule has 6 nitrogen and oxygen atoms in total. The normalized spacial score (nSPS) is 17.8. The van der Waals surface area contributed by atoms with Crippen LogP contribution in [0.2, 0.25) is 0 Å². The molecule has 2 aliphatic rings. The fourth-order valence-electron chi connectivity index (χ4n) is 4.84. The van der Waals surface area contributed by atoms with Crippen LogP contribution in [0.5, 0.6) is 0 Å². The van der Waals surface area contributed by atoms with Crippen molar-refractivity contribution in [3.05, 3.63) is 95.0 Å². The summed E-state index contributed by atoms with van der Waals surface area (Å²) in [7, 11) is 0. The molecule has 1 amide bonds. The van der Waals surface area contributed by atoms with Gasteiger partial charge in [-0.05, 0) is 79.1 Å². The van der Waals surface area contributed by atoms with Gasteiger partial charge in [-0.25, -0.2) is 4.98 Å². The van der Waals surface area contributed by atoms with Crippen LogP contribution in [0.4, 0.5) is 10.8 Å². The SMILES string of the molecule is O=C(Nc1nc([C@H]2CCCN2c2ccc(C3CC3)cc2)cs1)c1cccn1Cc1ccncc1. The van der Waals surface area contributed by atoms with Gasteiger partial charge < -0.3 is 9.47 Å². The Bertz CT molecular complexity index is 1280. The van der Waals surface area contributed by atoms with Crippen molar-refractivity contribution >= 4 is 28.1 Å². The predicted molar refractivity (Wildman–Crippen MR) is 136 cm³/mol. The van der Waals surface area contributed by atoms with Crippen LogP contribution in [0.1, 0.15) is 65.0 Å². The van der Waals surface area contributed by atoms with Crippen molar-refractivity contribution in [2.24, 2.45) is 0 Å². The molecule has 3 aromatic heterocycles. The van der Waals surface area contributed by atoms with Crippen LogP contribution in [0.25, 0.3) is 0 Å². The van der Waals surface area contributed by atoms with Crippen molar-refractivity contribution in [2.75, 3.05) is 16.8 Å². The maximum atomic E-state index is 13.0. The van der Waals surface area contributed by atoms with E-state index in [9.17, 15) is 4.79 Å². The molecule has 1 saturated carbocycles. The number of pyridine rings is 1. The Labute approximate surface area is 203 Å². The van der Waals surface area contributed by atoms with Gasteiger partial charge in [0.25, 0.3) is 5.91 Å². The molecule has 0 unspecified atom stereocenters. The van der Waals surface area contributed by atoms with Gasteiger partial charge >= 0.3 is 0 Å². The van der Waals surface area contributed by atoms with Crippen molar-refractivity contribution in [1.29, 1.82) is 0 Å². The number of thiazole rings is 1.